The monoisotopic (exact) mass is 321 g/mol. The van der Waals surface area contributed by atoms with Crippen molar-refractivity contribution in [3.63, 3.8) is 0 Å². The topological polar surface area (TPSA) is 33.1 Å². The lowest BCUT2D eigenvalue weighted by atomic mass is 10.0. The molecule has 1 aromatic heterocycles. The highest BCUT2D eigenvalue weighted by Gasteiger charge is 2.31. The van der Waals surface area contributed by atoms with Gasteiger partial charge in [0.25, 0.3) is 0 Å². The van der Waals surface area contributed by atoms with E-state index in [9.17, 15) is 18.3 Å². The van der Waals surface area contributed by atoms with E-state index < -0.39 is 17.8 Å². The highest BCUT2D eigenvalue weighted by molar-refractivity contribution is 6.34. The number of rotatable bonds is 2. The molecule has 0 fully saturated rings. The average molecular weight is 322 g/mol. The van der Waals surface area contributed by atoms with Gasteiger partial charge in [-0.05, 0) is 23.8 Å². The Morgan fingerprint density at radius 2 is 1.85 bits per heavy atom. The van der Waals surface area contributed by atoms with Crippen LogP contribution in [0.1, 0.15) is 22.9 Å². The summed E-state index contributed by atoms with van der Waals surface area (Å²) in [5.74, 6) is 0. The number of pyridine rings is 1. The van der Waals surface area contributed by atoms with Crippen molar-refractivity contribution < 1.29 is 18.3 Å². The molecule has 0 aliphatic heterocycles. The Balaban J connectivity index is 2.41. The van der Waals surface area contributed by atoms with Crippen LogP contribution in [0.4, 0.5) is 13.2 Å². The van der Waals surface area contributed by atoms with E-state index in [4.69, 9.17) is 23.2 Å². The van der Waals surface area contributed by atoms with Gasteiger partial charge in [-0.2, -0.15) is 13.2 Å². The first-order chi connectivity index (χ1) is 9.29. The van der Waals surface area contributed by atoms with Gasteiger partial charge in [-0.15, -0.1) is 0 Å². The van der Waals surface area contributed by atoms with Crippen molar-refractivity contribution in [2.24, 2.45) is 0 Å². The molecule has 106 valence electrons. The lowest BCUT2D eigenvalue weighted by molar-refractivity contribution is -0.137. The van der Waals surface area contributed by atoms with Gasteiger partial charge in [0, 0.05) is 6.20 Å². The van der Waals surface area contributed by atoms with Gasteiger partial charge in [-0.25, -0.2) is 0 Å². The molecule has 20 heavy (non-hydrogen) atoms. The summed E-state index contributed by atoms with van der Waals surface area (Å²) in [6.07, 6.45) is -4.57. The number of aromatic nitrogens is 1. The second kappa shape index (κ2) is 5.60. The van der Waals surface area contributed by atoms with Crippen LogP contribution >= 0.6 is 23.2 Å². The predicted octanol–water partition coefficient (Wildman–Crippen LogP) is 4.49. The smallest absolute Gasteiger partial charge is 0.382 e. The van der Waals surface area contributed by atoms with E-state index in [1.807, 2.05) is 0 Å². The maximum Gasteiger partial charge on any atom is 0.416 e. The van der Waals surface area contributed by atoms with Gasteiger partial charge in [-0.3, -0.25) is 4.98 Å². The number of halogens is 5. The average Bonchev–Trinajstić information content (AvgIpc) is 2.37. The van der Waals surface area contributed by atoms with Crippen molar-refractivity contribution in [3.05, 3.63) is 63.4 Å². The molecule has 1 heterocycles. The highest BCUT2D eigenvalue weighted by Crippen LogP contribution is 2.33. The van der Waals surface area contributed by atoms with Gasteiger partial charge in [-0.1, -0.05) is 35.3 Å². The number of aliphatic hydroxyl groups excluding tert-OH is 1. The van der Waals surface area contributed by atoms with Gasteiger partial charge in [0.15, 0.2) is 0 Å². The SMILES string of the molecule is OC(c1cccc(C(F)(F)F)c1)c1ncc(Cl)cc1Cl. The summed E-state index contributed by atoms with van der Waals surface area (Å²) in [7, 11) is 0. The van der Waals surface area contributed by atoms with Crippen molar-refractivity contribution in [2.45, 2.75) is 12.3 Å². The summed E-state index contributed by atoms with van der Waals surface area (Å²) in [4.78, 5) is 3.85. The minimum absolute atomic E-state index is 0.0513. The molecule has 1 atom stereocenters. The minimum Gasteiger partial charge on any atom is -0.382 e. The number of aliphatic hydroxyl groups is 1. The Morgan fingerprint density at radius 3 is 2.45 bits per heavy atom. The zero-order valence-electron chi connectivity index (χ0n) is 9.83. The van der Waals surface area contributed by atoms with Crippen LogP contribution in [0.25, 0.3) is 0 Å². The van der Waals surface area contributed by atoms with Crippen LogP contribution in [-0.2, 0) is 6.18 Å². The minimum atomic E-state index is -4.48. The van der Waals surface area contributed by atoms with E-state index in [0.717, 1.165) is 12.1 Å². The molecule has 0 saturated heterocycles. The van der Waals surface area contributed by atoms with Gasteiger partial charge >= 0.3 is 6.18 Å². The van der Waals surface area contributed by atoms with Crippen LogP contribution in [0.15, 0.2) is 36.5 Å². The summed E-state index contributed by atoms with van der Waals surface area (Å²) in [6, 6.07) is 5.73. The van der Waals surface area contributed by atoms with Crippen LogP contribution in [-0.4, -0.2) is 10.1 Å². The van der Waals surface area contributed by atoms with Crippen LogP contribution < -0.4 is 0 Å². The molecule has 0 bridgehead atoms. The van der Waals surface area contributed by atoms with E-state index in [1.54, 1.807) is 0 Å². The van der Waals surface area contributed by atoms with Gasteiger partial charge in [0.1, 0.15) is 6.10 Å². The maximum absolute atomic E-state index is 12.6. The van der Waals surface area contributed by atoms with E-state index in [2.05, 4.69) is 4.98 Å². The van der Waals surface area contributed by atoms with Gasteiger partial charge in [0.2, 0.25) is 0 Å². The summed E-state index contributed by atoms with van der Waals surface area (Å²) >= 11 is 11.6. The fourth-order valence-electron chi connectivity index (χ4n) is 1.67. The second-order valence-electron chi connectivity index (χ2n) is 4.05. The molecule has 2 rings (SSSR count). The van der Waals surface area contributed by atoms with Crippen LogP contribution in [0, 0.1) is 0 Å². The number of hydrogen-bond donors (Lipinski definition) is 1. The van der Waals surface area contributed by atoms with Crippen molar-refractivity contribution in [1.29, 1.82) is 0 Å². The fraction of sp³-hybridized carbons (Fsp3) is 0.154. The Bertz CT molecular complexity index is 631. The molecule has 0 spiro atoms. The molecule has 0 radical (unpaired) electrons. The Kier molecular flexibility index (Phi) is 4.22. The maximum atomic E-state index is 12.6. The lowest BCUT2D eigenvalue weighted by Gasteiger charge is -2.14. The van der Waals surface area contributed by atoms with Crippen LogP contribution in [0.3, 0.4) is 0 Å². The molecule has 0 saturated carbocycles. The van der Waals surface area contributed by atoms with Crippen LogP contribution in [0.5, 0.6) is 0 Å². The summed E-state index contributed by atoms with van der Waals surface area (Å²) < 4.78 is 37.9. The highest BCUT2D eigenvalue weighted by atomic mass is 35.5. The molecule has 7 heteroatoms. The Hall–Kier alpha value is -1.30. The number of hydrogen-bond acceptors (Lipinski definition) is 2. The third kappa shape index (κ3) is 3.23. The zero-order valence-corrected chi connectivity index (χ0v) is 11.3. The fourth-order valence-corrected chi connectivity index (χ4v) is 2.15. The summed E-state index contributed by atoms with van der Waals surface area (Å²) in [5.41, 5.74) is -0.744. The second-order valence-corrected chi connectivity index (χ2v) is 4.89. The number of nitrogens with zero attached hydrogens (tertiary/aromatic N) is 1. The zero-order chi connectivity index (χ0) is 14.9. The van der Waals surface area contributed by atoms with Crippen molar-refractivity contribution in [2.75, 3.05) is 0 Å². The first-order valence-electron chi connectivity index (χ1n) is 5.45. The first-order valence-corrected chi connectivity index (χ1v) is 6.21. The van der Waals surface area contributed by atoms with Gasteiger partial charge in [0.05, 0.1) is 21.3 Å². The Morgan fingerprint density at radius 1 is 1.15 bits per heavy atom. The van der Waals surface area contributed by atoms with E-state index >= 15 is 0 Å². The van der Waals surface area contributed by atoms with Crippen molar-refractivity contribution in [1.82, 2.24) is 4.98 Å². The summed E-state index contributed by atoms with van der Waals surface area (Å²) in [5, 5.41) is 10.5. The third-order valence-corrected chi connectivity index (χ3v) is 3.13. The first kappa shape index (κ1) is 15.1. The molecular weight excluding hydrogens is 314 g/mol. The molecule has 2 aromatic rings. The lowest BCUT2D eigenvalue weighted by Crippen LogP contribution is -2.08. The molecule has 0 aliphatic carbocycles. The molecule has 1 aromatic carbocycles. The van der Waals surface area contributed by atoms with E-state index in [0.29, 0.717) is 0 Å². The quantitative estimate of drug-likeness (QED) is 0.884. The molecule has 1 N–H and O–H groups in total. The number of alkyl halides is 3. The summed E-state index contributed by atoms with van der Waals surface area (Å²) in [6.45, 7) is 0. The molecule has 0 amide bonds. The largest absolute Gasteiger partial charge is 0.416 e. The predicted molar refractivity (Wildman–Crippen MR) is 69.8 cm³/mol. The van der Waals surface area contributed by atoms with E-state index in [-0.39, 0.29) is 21.3 Å². The molecular formula is C13H8Cl2F3NO. The Labute approximate surface area is 122 Å². The van der Waals surface area contributed by atoms with Crippen molar-refractivity contribution in [3.8, 4) is 0 Å². The molecule has 0 aliphatic rings. The third-order valence-electron chi connectivity index (χ3n) is 2.62. The van der Waals surface area contributed by atoms with Gasteiger partial charge < -0.3 is 5.11 Å². The molecule has 2 nitrogen and oxygen atoms in total. The number of benzene rings is 1. The molecule has 1 unspecified atom stereocenters. The van der Waals surface area contributed by atoms with Crippen LogP contribution in [0.2, 0.25) is 10.0 Å². The van der Waals surface area contributed by atoms with Crippen molar-refractivity contribution >= 4 is 23.2 Å². The normalized spacial score (nSPS) is 13.3. The van der Waals surface area contributed by atoms with E-state index in [1.165, 1.54) is 24.4 Å². The standard InChI is InChI=1S/C13H8Cl2F3NO/c14-9-5-10(15)11(19-6-9)12(20)7-2-1-3-8(4-7)13(16,17)18/h1-6,12,20H.